The predicted molar refractivity (Wildman–Crippen MR) is 55.3 cm³/mol. The van der Waals surface area contributed by atoms with E-state index < -0.39 is 0 Å². The molecule has 0 radical (unpaired) electrons. The highest BCUT2D eigenvalue weighted by Crippen LogP contribution is 2.13. The van der Waals surface area contributed by atoms with Crippen LogP contribution in [0.3, 0.4) is 0 Å². The third kappa shape index (κ3) is 2.68. The number of ether oxygens (including phenoxy) is 1. The fourth-order valence-corrected chi connectivity index (χ4v) is 1.19. The van der Waals surface area contributed by atoms with Gasteiger partial charge < -0.3 is 10.5 Å². The second-order valence-corrected chi connectivity index (χ2v) is 2.94. The molecule has 0 saturated heterocycles. The van der Waals surface area contributed by atoms with E-state index in [9.17, 15) is 0 Å². The molecule has 0 amide bonds. The Morgan fingerprint density at radius 3 is 3.00 bits per heavy atom. The van der Waals surface area contributed by atoms with E-state index in [1.807, 2.05) is 30.3 Å². The van der Waals surface area contributed by atoms with Gasteiger partial charge in [0.25, 0.3) is 0 Å². The van der Waals surface area contributed by atoms with Gasteiger partial charge in [-0.3, -0.25) is 0 Å². The number of methoxy groups -OCH3 is 1. The Kier molecular flexibility index (Phi) is 3.68. The van der Waals surface area contributed by atoms with E-state index in [1.54, 1.807) is 7.11 Å². The monoisotopic (exact) mass is 177 g/mol. The van der Waals surface area contributed by atoms with Crippen molar-refractivity contribution in [3.63, 3.8) is 0 Å². The maximum absolute atomic E-state index is 5.87. The van der Waals surface area contributed by atoms with Gasteiger partial charge in [-0.1, -0.05) is 36.9 Å². The van der Waals surface area contributed by atoms with Crippen molar-refractivity contribution in [2.75, 3.05) is 13.7 Å². The fourth-order valence-electron chi connectivity index (χ4n) is 1.19. The van der Waals surface area contributed by atoms with Crippen LogP contribution in [0.5, 0.6) is 0 Å². The van der Waals surface area contributed by atoms with Gasteiger partial charge in [0, 0.05) is 7.11 Å². The van der Waals surface area contributed by atoms with Gasteiger partial charge in [0.2, 0.25) is 0 Å². The summed E-state index contributed by atoms with van der Waals surface area (Å²) in [6.45, 7) is 4.25. The first-order chi connectivity index (χ1) is 6.27. The highest BCUT2D eigenvalue weighted by molar-refractivity contribution is 5.48. The van der Waals surface area contributed by atoms with Crippen molar-refractivity contribution in [3.8, 4) is 0 Å². The average Bonchev–Trinajstić information content (AvgIpc) is 2.18. The summed E-state index contributed by atoms with van der Waals surface area (Å²) < 4.78 is 4.98. The quantitative estimate of drug-likeness (QED) is 0.763. The van der Waals surface area contributed by atoms with Crippen molar-refractivity contribution >= 4 is 6.08 Å². The van der Waals surface area contributed by atoms with E-state index in [2.05, 4.69) is 6.58 Å². The van der Waals surface area contributed by atoms with Crippen LogP contribution in [-0.2, 0) is 4.74 Å². The molecule has 2 nitrogen and oxygen atoms in total. The molecule has 0 heterocycles. The summed E-state index contributed by atoms with van der Waals surface area (Å²) in [5.74, 6) is 0. The largest absolute Gasteiger partial charge is 0.383 e. The number of hydrogen-bond acceptors (Lipinski definition) is 2. The van der Waals surface area contributed by atoms with Crippen LogP contribution in [0.4, 0.5) is 0 Å². The molecule has 0 unspecified atom stereocenters. The molecule has 0 saturated carbocycles. The zero-order chi connectivity index (χ0) is 9.68. The van der Waals surface area contributed by atoms with Crippen molar-refractivity contribution < 1.29 is 4.74 Å². The van der Waals surface area contributed by atoms with Crippen LogP contribution in [0.1, 0.15) is 17.2 Å². The van der Waals surface area contributed by atoms with E-state index in [0.29, 0.717) is 6.61 Å². The maximum atomic E-state index is 5.87. The zero-order valence-electron chi connectivity index (χ0n) is 7.86. The molecule has 1 aromatic carbocycles. The zero-order valence-corrected chi connectivity index (χ0v) is 7.86. The van der Waals surface area contributed by atoms with E-state index >= 15 is 0 Å². The lowest BCUT2D eigenvalue weighted by molar-refractivity contribution is 0.181. The molecular weight excluding hydrogens is 162 g/mol. The number of nitrogens with two attached hydrogens (primary N) is 1. The highest BCUT2D eigenvalue weighted by atomic mass is 16.5. The molecule has 13 heavy (non-hydrogen) atoms. The summed E-state index contributed by atoms with van der Waals surface area (Å²) in [5, 5.41) is 0. The Morgan fingerprint density at radius 2 is 2.38 bits per heavy atom. The topological polar surface area (TPSA) is 35.2 Å². The molecule has 0 aliphatic rings. The van der Waals surface area contributed by atoms with Crippen molar-refractivity contribution in [1.29, 1.82) is 0 Å². The predicted octanol–water partition coefficient (Wildman–Crippen LogP) is 1.98. The summed E-state index contributed by atoms with van der Waals surface area (Å²) >= 11 is 0. The summed E-state index contributed by atoms with van der Waals surface area (Å²) in [7, 11) is 1.65. The van der Waals surface area contributed by atoms with E-state index in [1.165, 1.54) is 0 Å². The SMILES string of the molecule is C=Cc1cccc([C@H](N)COC)c1. The average molecular weight is 177 g/mol. The summed E-state index contributed by atoms with van der Waals surface area (Å²) in [6.07, 6.45) is 1.81. The Balaban J connectivity index is 2.81. The molecule has 0 spiro atoms. The van der Waals surface area contributed by atoms with Crippen molar-refractivity contribution in [3.05, 3.63) is 42.0 Å². The molecule has 0 aromatic heterocycles. The number of hydrogen-bond donors (Lipinski definition) is 1. The van der Waals surface area contributed by atoms with Gasteiger partial charge in [-0.2, -0.15) is 0 Å². The van der Waals surface area contributed by atoms with Crippen LogP contribution in [0.2, 0.25) is 0 Å². The molecule has 0 fully saturated rings. The van der Waals surface area contributed by atoms with Gasteiger partial charge in [0.15, 0.2) is 0 Å². The molecule has 1 atom stereocenters. The van der Waals surface area contributed by atoms with Gasteiger partial charge in [0.05, 0.1) is 12.6 Å². The minimum atomic E-state index is -0.0510. The Labute approximate surface area is 79.0 Å². The molecule has 0 bridgehead atoms. The molecule has 2 heteroatoms. The normalized spacial score (nSPS) is 12.5. The lowest BCUT2D eigenvalue weighted by Crippen LogP contribution is -2.15. The van der Waals surface area contributed by atoms with E-state index in [-0.39, 0.29) is 6.04 Å². The minimum absolute atomic E-state index is 0.0510. The van der Waals surface area contributed by atoms with Gasteiger partial charge in [-0.05, 0) is 11.1 Å². The smallest absolute Gasteiger partial charge is 0.0655 e. The van der Waals surface area contributed by atoms with Crippen LogP contribution in [0, 0.1) is 0 Å². The minimum Gasteiger partial charge on any atom is -0.383 e. The molecule has 1 aromatic rings. The Hall–Kier alpha value is -1.12. The van der Waals surface area contributed by atoms with E-state index in [0.717, 1.165) is 11.1 Å². The lowest BCUT2D eigenvalue weighted by Gasteiger charge is -2.10. The molecule has 0 aliphatic carbocycles. The first-order valence-electron chi connectivity index (χ1n) is 4.25. The molecule has 70 valence electrons. The maximum Gasteiger partial charge on any atom is 0.0655 e. The molecule has 0 aliphatic heterocycles. The van der Waals surface area contributed by atoms with Crippen molar-refractivity contribution in [1.82, 2.24) is 0 Å². The third-order valence-corrected chi connectivity index (χ3v) is 1.92. The standard InChI is InChI=1S/C11H15NO/c1-3-9-5-4-6-10(7-9)11(12)8-13-2/h3-7,11H,1,8,12H2,2H3/t11-/m1/s1. The Morgan fingerprint density at radius 1 is 1.62 bits per heavy atom. The van der Waals surface area contributed by atoms with Crippen molar-refractivity contribution in [2.45, 2.75) is 6.04 Å². The van der Waals surface area contributed by atoms with Crippen LogP contribution < -0.4 is 5.73 Å². The number of benzene rings is 1. The number of rotatable bonds is 4. The van der Waals surface area contributed by atoms with Crippen LogP contribution in [0.15, 0.2) is 30.8 Å². The summed E-state index contributed by atoms with van der Waals surface area (Å²) in [4.78, 5) is 0. The van der Waals surface area contributed by atoms with Crippen LogP contribution >= 0.6 is 0 Å². The third-order valence-electron chi connectivity index (χ3n) is 1.92. The lowest BCUT2D eigenvalue weighted by atomic mass is 10.1. The van der Waals surface area contributed by atoms with Gasteiger partial charge in [-0.25, -0.2) is 0 Å². The van der Waals surface area contributed by atoms with Gasteiger partial charge in [0.1, 0.15) is 0 Å². The highest BCUT2D eigenvalue weighted by Gasteiger charge is 2.04. The summed E-state index contributed by atoms with van der Waals surface area (Å²) in [5.41, 5.74) is 8.04. The Bertz CT molecular complexity index is 283. The van der Waals surface area contributed by atoms with Crippen LogP contribution in [0.25, 0.3) is 6.08 Å². The first kappa shape index (κ1) is 9.96. The molecule has 2 N–H and O–H groups in total. The fraction of sp³-hybridized carbons (Fsp3) is 0.273. The van der Waals surface area contributed by atoms with E-state index in [4.69, 9.17) is 10.5 Å². The molecule has 1 rings (SSSR count). The second kappa shape index (κ2) is 4.80. The van der Waals surface area contributed by atoms with Gasteiger partial charge in [-0.15, -0.1) is 0 Å². The summed E-state index contributed by atoms with van der Waals surface area (Å²) in [6, 6.07) is 7.94. The van der Waals surface area contributed by atoms with Crippen molar-refractivity contribution in [2.24, 2.45) is 5.73 Å². The van der Waals surface area contributed by atoms with Gasteiger partial charge >= 0.3 is 0 Å². The van der Waals surface area contributed by atoms with Crippen LogP contribution in [-0.4, -0.2) is 13.7 Å². The second-order valence-electron chi connectivity index (χ2n) is 2.94. The first-order valence-corrected chi connectivity index (χ1v) is 4.25. The molecular formula is C11H15NO.